The van der Waals surface area contributed by atoms with Crippen LogP contribution in [-0.4, -0.2) is 11.1 Å². The van der Waals surface area contributed by atoms with Crippen molar-refractivity contribution in [3.63, 3.8) is 0 Å². The lowest BCUT2D eigenvalue weighted by molar-refractivity contribution is 0.114. The summed E-state index contributed by atoms with van der Waals surface area (Å²) in [4.78, 5) is 4.00. The summed E-state index contributed by atoms with van der Waals surface area (Å²) >= 11 is 0. The average Bonchev–Trinajstić information content (AvgIpc) is 2.14. The van der Waals surface area contributed by atoms with Crippen molar-refractivity contribution in [3.8, 4) is 11.9 Å². The number of nitrogens with zero attached hydrogens (tertiary/aromatic N) is 2. The fourth-order valence-corrected chi connectivity index (χ4v) is 1.27. The minimum absolute atomic E-state index is 0.238. The third-order valence-electron chi connectivity index (χ3n) is 2.35. The molecule has 14 heavy (non-hydrogen) atoms. The summed E-state index contributed by atoms with van der Waals surface area (Å²) in [6.45, 7) is 0. The first-order valence-corrected chi connectivity index (χ1v) is 4.63. The quantitative estimate of drug-likeness (QED) is 0.764. The van der Waals surface area contributed by atoms with Gasteiger partial charge in [-0.15, -0.1) is 0 Å². The minimum Gasteiger partial charge on any atom is -0.474 e. The summed E-state index contributed by atoms with van der Waals surface area (Å²) in [5, 5.41) is 8.70. The zero-order chi connectivity index (χ0) is 9.97. The molecule has 0 aromatic carbocycles. The normalized spacial score (nSPS) is 15.6. The molecular weight excluding hydrogens is 178 g/mol. The van der Waals surface area contributed by atoms with E-state index >= 15 is 0 Å². The highest BCUT2D eigenvalue weighted by molar-refractivity contribution is 5.50. The van der Waals surface area contributed by atoms with E-state index in [0.29, 0.717) is 11.6 Å². The molecule has 2 N–H and O–H groups in total. The molecule has 0 aliphatic heterocycles. The number of nitrogen functional groups attached to an aromatic ring is 1. The van der Waals surface area contributed by atoms with E-state index in [4.69, 9.17) is 15.7 Å². The molecule has 0 atom stereocenters. The standard InChI is InChI=1S/C10H11N3O/c11-6-9-8(12)4-5-10(13-9)14-7-2-1-3-7/h4-5,7H,1-3,12H2. The van der Waals surface area contributed by atoms with Gasteiger partial charge in [-0.05, 0) is 25.3 Å². The van der Waals surface area contributed by atoms with Gasteiger partial charge in [-0.3, -0.25) is 0 Å². The van der Waals surface area contributed by atoms with Gasteiger partial charge >= 0.3 is 0 Å². The van der Waals surface area contributed by atoms with Crippen LogP contribution in [0.1, 0.15) is 25.0 Å². The number of hydrogen-bond acceptors (Lipinski definition) is 4. The second-order valence-corrected chi connectivity index (χ2v) is 3.37. The van der Waals surface area contributed by atoms with Gasteiger partial charge in [0.1, 0.15) is 12.2 Å². The number of pyridine rings is 1. The van der Waals surface area contributed by atoms with Gasteiger partial charge < -0.3 is 10.5 Å². The third-order valence-corrected chi connectivity index (χ3v) is 2.35. The maximum Gasteiger partial charge on any atom is 0.214 e. The zero-order valence-electron chi connectivity index (χ0n) is 7.73. The van der Waals surface area contributed by atoms with E-state index in [-0.39, 0.29) is 11.8 Å². The Bertz CT molecular complexity index is 379. The summed E-state index contributed by atoms with van der Waals surface area (Å²) in [5.74, 6) is 0.500. The molecule has 1 aromatic rings. The molecule has 1 aliphatic carbocycles. The number of rotatable bonds is 2. The van der Waals surface area contributed by atoms with E-state index in [1.165, 1.54) is 6.42 Å². The van der Waals surface area contributed by atoms with Crippen LogP contribution < -0.4 is 10.5 Å². The lowest BCUT2D eigenvalue weighted by atomic mass is 9.96. The molecule has 0 amide bonds. The van der Waals surface area contributed by atoms with E-state index < -0.39 is 0 Å². The Kier molecular flexibility index (Phi) is 2.23. The topological polar surface area (TPSA) is 71.9 Å². The molecule has 1 saturated carbocycles. The summed E-state index contributed by atoms with van der Waals surface area (Å²) in [5.41, 5.74) is 6.17. The first-order valence-electron chi connectivity index (χ1n) is 4.63. The average molecular weight is 189 g/mol. The Hall–Kier alpha value is -1.76. The number of aromatic nitrogens is 1. The molecule has 0 radical (unpaired) electrons. The molecule has 1 fully saturated rings. The molecular formula is C10H11N3O. The highest BCUT2D eigenvalue weighted by Crippen LogP contribution is 2.24. The van der Waals surface area contributed by atoms with E-state index in [2.05, 4.69) is 4.98 Å². The molecule has 1 aromatic heterocycles. The molecule has 1 aliphatic rings. The Morgan fingerprint density at radius 1 is 1.50 bits per heavy atom. The van der Waals surface area contributed by atoms with Gasteiger partial charge in [0.15, 0.2) is 5.69 Å². The Labute approximate surface area is 82.3 Å². The summed E-state index contributed by atoms with van der Waals surface area (Å²) in [6.07, 6.45) is 3.64. The first-order chi connectivity index (χ1) is 6.79. The van der Waals surface area contributed by atoms with Crippen molar-refractivity contribution in [1.82, 2.24) is 4.98 Å². The van der Waals surface area contributed by atoms with Crippen molar-refractivity contribution in [2.24, 2.45) is 0 Å². The summed E-state index contributed by atoms with van der Waals surface area (Å²) in [6, 6.07) is 5.28. The largest absolute Gasteiger partial charge is 0.474 e. The lowest BCUT2D eigenvalue weighted by Crippen LogP contribution is -2.25. The summed E-state index contributed by atoms with van der Waals surface area (Å²) < 4.78 is 5.53. The van der Waals surface area contributed by atoms with Gasteiger partial charge in [-0.25, -0.2) is 4.98 Å². The van der Waals surface area contributed by atoms with Crippen LogP contribution in [-0.2, 0) is 0 Å². The second-order valence-electron chi connectivity index (χ2n) is 3.37. The van der Waals surface area contributed by atoms with Crippen LogP contribution in [0.4, 0.5) is 5.69 Å². The molecule has 0 unspecified atom stereocenters. The van der Waals surface area contributed by atoms with Gasteiger partial charge in [0.2, 0.25) is 5.88 Å². The van der Waals surface area contributed by atoms with Gasteiger partial charge in [0, 0.05) is 6.07 Å². The number of hydrogen-bond donors (Lipinski definition) is 1. The second kappa shape index (κ2) is 3.54. The SMILES string of the molecule is N#Cc1nc(OC2CCC2)ccc1N. The van der Waals surface area contributed by atoms with Crippen LogP contribution in [0.25, 0.3) is 0 Å². The number of nitrogens with two attached hydrogens (primary N) is 1. The molecule has 1 heterocycles. The van der Waals surface area contributed by atoms with E-state index in [1.807, 2.05) is 6.07 Å². The van der Waals surface area contributed by atoms with Crippen LogP contribution >= 0.6 is 0 Å². The number of ether oxygens (including phenoxy) is 1. The van der Waals surface area contributed by atoms with Crippen LogP contribution in [0, 0.1) is 11.3 Å². The Morgan fingerprint density at radius 3 is 2.86 bits per heavy atom. The van der Waals surface area contributed by atoms with Crippen molar-refractivity contribution in [1.29, 1.82) is 5.26 Å². The maximum atomic E-state index is 8.70. The van der Waals surface area contributed by atoms with Gasteiger partial charge in [-0.1, -0.05) is 0 Å². The molecule has 0 bridgehead atoms. The van der Waals surface area contributed by atoms with Gasteiger partial charge in [-0.2, -0.15) is 5.26 Å². The van der Waals surface area contributed by atoms with Crippen molar-refractivity contribution < 1.29 is 4.74 Å². The first kappa shape index (κ1) is 8.82. The fraction of sp³-hybridized carbons (Fsp3) is 0.400. The predicted octanol–water partition coefficient (Wildman–Crippen LogP) is 1.47. The number of nitriles is 1. The molecule has 0 spiro atoms. The van der Waals surface area contributed by atoms with Crippen LogP contribution in [0.3, 0.4) is 0 Å². The van der Waals surface area contributed by atoms with E-state index in [9.17, 15) is 0 Å². The number of anilines is 1. The van der Waals surface area contributed by atoms with Crippen LogP contribution in [0.15, 0.2) is 12.1 Å². The molecule has 4 heteroatoms. The highest BCUT2D eigenvalue weighted by Gasteiger charge is 2.19. The smallest absolute Gasteiger partial charge is 0.214 e. The Balaban J connectivity index is 2.14. The lowest BCUT2D eigenvalue weighted by Gasteiger charge is -2.25. The van der Waals surface area contributed by atoms with Crippen molar-refractivity contribution in [2.75, 3.05) is 5.73 Å². The predicted molar refractivity (Wildman–Crippen MR) is 51.6 cm³/mol. The highest BCUT2D eigenvalue weighted by atomic mass is 16.5. The maximum absolute atomic E-state index is 8.70. The Morgan fingerprint density at radius 2 is 2.29 bits per heavy atom. The van der Waals surface area contributed by atoms with Crippen LogP contribution in [0.2, 0.25) is 0 Å². The van der Waals surface area contributed by atoms with Crippen molar-refractivity contribution >= 4 is 5.69 Å². The zero-order valence-corrected chi connectivity index (χ0v) is 7.73. The summed E-state index contributed by atoms with van der Waals surface area (Å²) in [7, 11) is 0. The third kappa shape index (κ3) is 1.62. The van der Waals surface area contributed by atoms with E-state index in [1.54, 1.807) is 12.1 Å². The van der Waals surface area contributed by atoms with Crippen LogP contribution in [0.5, 0.6) is 5.88 Å². The van der Waals surface area contributed by atoms with Crippen molar-refractivity contribution in [3.05, 3.63) is 17.8 Å². The minimum atomic E-state index is 0.238. The molecule has 2 rings (SSSR count). The monoisotopic (exact) mass is 189 g/mol. The fourth-order valence-electron chi connectivity index (χ4n) is 1.27. The van der Waals surface area contributed by atoms with Gasteiger partial charge in [0.05, 0.1) is 5.69 Å². The molecule has 0 saturated heterocycles. The van der Waals surface area contributed by atoms with Crippen molar-refractivity contribution in [2.45, 2.75) is 25.4 Å². The van der Waals surface area contributed by atoms with Gasteiger partial charge in [0.25, 0.3) is 0 Å². The molecule has 4 nitrogen and oxygen atoms in total. The van der Waals surface area contributed by atoms with E-state index in [0.717, 1.165) is 12.8 Å². The molecule has 72 valence electrons.